The molecule has 0 radical (unpaired) electrons. The minimum Gasteiger partial charge on any atom is -0.337 e. The molecule has 0 saturated carbocycles. The fourth-order valence-corrected chi connectivity index (χ4v) is 4.17. The number of aromatic nitrogens is 1. The van der Waals surface area contributed by atoms with E-state index in [0.717, 1.165) is 30.0 Å². The largest absolute Gasteiger partial charge is 0.337 e. The molecular weight excluding hydrogens is 346 g/mol. The van der Waals surface area contributed by atoms with Crippen molar-refractivity contribution in [2.24, 2.45) is 5.92 Å². The lowest BCUT2D eigenvalue weighted by molar-refractivity contribution is -0.123. The van der Waals surface area contributed by atoms with Gasteiger partial charge in [0.1, 0.15) is 16.5 Å². The van der Waals surface area contributed by atoms with Crippen LogP contribution in [0.1, 0.15) is 33.9 Å². The molecule has 138 valence electrons. The number of thiazole rings is 1. The molecule has 26 heavy (non-hydrogen) atoms. The van der Waals surface area contributed by atoms with Crippen LogP contribution in [0.4, 0.5) is 0 Å². The van der Waals surface area contributed by atoms with Crippen molar-refractivity contribution in [3.05, 3.63) is 52.0 Å². The highest BCUT2D eigenvalue weighted by Gasteiger charge is 2.29. The highest BCUT2D eigenvalue weighted by Crippen LogP contribution is 2.22. The predicted octanol–water partition coefficient (Wildman–Crippen LogP) is 2.87. The second-order valence-corrected chi connectivity index (χ2v) is 8.03. The molecule has 1 atom stereocenters. The first-order chi connectivity index (χ1) is 12.5. The van der Waals surface area contributed by atoms with Crippen molar-refractivity contribution in [1.29, 1.82) is 0 Å². The van der Waals surface area contributed by atoms with Crippen molar-refractivity contribution in [3.8, 4) is 0 Å². The molecule has 0 aliphatic carbocycles. The first-order valence-electron chi connectivity index (χ1n) is 8.98. The van der Waals surface area contributed by atoms with E-state index in [-0.39, 0.29) is 17.6 Å². The predicted molar refractivity (Wildman–Crippen MR) is 103 cm³/mol. The molecular formula is C20H25N3O2S. The number of piperidine rings is 1. The van der Waals surface area contributed by atoms with Crippen molar-refractivity contribution >= 4 is 23.0 Å². The summed E-state index contributed by atoms with van der Waals surface area (Å²) in [6.45, 7) is 1.94. The van der Waals surface area contributed by atoms with Crippen LogP contribution in [-0.4, -0.2) is 53.7 Å². The summed E-state index contributed by atoms with van der Waals surface area (Å²) in [7, 11) is 3.97. The Labute approximate surface area is 158 Å². The average Bonchev–Trinajstić information content (AvgIpc) is 3.09. The van der Waals surface area contributed by atoms with Gasteiger partial charge in [0.2, 0.25) is 0 Å². The number of rotatable bonds is 6. The van der Waals surface area contributed by atoms with Crippen LogP contribution in [0.2, 0.25) is 0 Å². The van der Waals surface area contributed by atoms with Crippen molar-refractivity contribution in [3.63, 3.8) is 0 Å². The van der Waals surface area contributed by atoms with Crippen molar-refractivity contribution in [2.45, 2.75) is 25.8 Å². The second-order valence-electron chi connectivity index (χ2n) is 7.08. The maximum atomic E-state index is 12.8. The zero-order valence-electron chi connectivity index (χ0n) is 15.4. The van der Waals surface area contributed by atoms with Crippen LogP contribution in [0.3, 0.4) is 0 Å². The van der Waals surface area contributed by atoms with Gasteiger partial charge in [0.15, 0.2) is 0 Å². The Morgan fingerprint density at radius 2 is 2.04 bits per heavy atom. The van der Waals surface area contributed by atoms with Gasteiger partial charge in [-0.2, -0.15) is 0 Å². The van der Waals surface area contributed by atoms with Gasteiger partial charge in [0.05, 0.1) is 0 Å². The number of benzene rings is 1. The zero-order chi connectivity index (χ0) is 18.5. The number of carbonyl (C=O) groups is 2. The summed E-state index contributed by atoms with van der Waals surface area (Å²) in [4.78, 5) is 33.7. The van der Waals surface area contributed by atoms with Gasteiger partial charge in [0.25, 0.3) is 5.91 Å². The molecule has 1 aromatic heterocycles. The van der Waals surface area contributed by atoms with E-state index < -0.39 is 0 Å². The van der Waals surface area contributed by atoms with E-state index in [0.29, 0.717) is 25.2 Å². The van der Waals surface area contributed by atoms with Crippen LogP contribution in [-0.2, 0) is 17.8 Å². The number of ketones is 1. The van der Waals surface area contributed by atoms with Crippen LogP contribution < -0.4 is 0 Å². The molecule has 5 nitrogen and oxygen atoms in total. The van der Waals surface area contributed by atoms with Crippen LogP contribution in [0.15, 0.2) is 35.7 Å². The molecule has 1 aliphatic rings. The van der Waals surface area contributed by atoms with Gasteiger partial charge in [-0.15, -0.1) is 11.3 Å². The van der Waals surface area contributed by atoms with Crippen LogP contribution in [0, 0.1) is 5.92 Å². The van der Waals surface area contributed by atoms with E-state index in [1.807, 2.05) is 54.7 Å². The van der Waals surface area contributed by atoms with Gasteiger partial charge >= 0.3 is 0 Å². The Bertz CT molecular complexity index is 757. The maximum Gasteiger partial charge on any atom is 0.273 e. The number of Topliss-reactive ketones (excluding diaryl/α,β-unsaturated/α-hetero) is 1. The van der Waals surface area contributed by atoms with Crippen LogP contribution in [0.25, 0.3) is 0 Å². The molecule has 0 bridgehead atoms. The highest BCUT2D eigenvalue weighted by atomic mass is 32.1. The number of hydrogen-bond donors (Lipinski definition) is 0. The van der Waals surface area contributed by atoms with Gasteiger partial charge in [-0.3, -0.25) is 9.59 Å². The van der Waals surface area contributed by atoms with Gasteiger partial charge in [-0.25, -0.2) is 4.98 Å². The lowest BCUT2D eigenvalue weighted by Gasteiger charge is -2.31. The Balaban J connectivity index is 1.61. The summed E-state index contributed by atoms with van der Waals surface area (Å²) in [6.07, 6.45) is 2.17. The van der Waals surface area contributed by atoms with E-state index in [1.54, 1.807) is 4.90 Å². The number of nitrogens with zero attached hydrogens (tertiary/aromatic N) is 3. The van der Waals surface area contributed by atoms with E-state index in [2.05, 4.69) is 4.98 Å². The lowest BCUT2D eigenvalue weighted by Crippen LogP contribution is -2.42. The highest BCUT2D eigenvalue weighted by molar-refractivity contribution is 7.09. The minimum absolute atomic E-state index is 0.0523. The zero-order valence-corrected chi connectivity index (χ0v) is 16.2. The Hall–Kier alpha value is -2.05. The van der Waals surface area contributed by atoms with Gasteiger partial charge in [-0.05, 0) is 32.5 Å². The van der Waals surface area contributed by atoms with Gasteiger partial charge in [0, 0.05) is 37.4 Å². The Morgan fingerprint density at radius 1 is 1.27 bits per heavy atom. The molecule has 3 rings (SSSR count). The monoisotopic (exact) mass is 371 g/mol. The molecule has 0 N–H and O–H groups in total. The molecule has 2 aromatic rings. The molecule has 2 heterocycles. The van der Waals surface area contributed by atoms with Crippen molar-refractivity contribution in [1.82, 2.24) is 14.8 Å². The molecule has 6 heteroatoms. The summed E-state index contributed by atoms with van der Waals surface area (Å²) < 4.78 is 0. The second kappa shape index (κ2) is 8.56. The first kappa shape index (κ1) is 18.7. The number of hydrogen-bond acceptors (Lipinski definition) is 5. The lowest BCUT2D eigenvalue weighted by atomic mass is 9.90. The fourth-order valence-electron chi connectivity index (χ4n) is 3.28. The minimum atomic E-state index is -0.0761. The van der Waals surface area contributed by atoms with Gasteiger partial charge in [-0.1, -0.05) is 30.3 Å². The molecule has 1 amide bonds. The third kappa shape index (κ3) is 4.77. The number of likely N-dealkylation sites (tertiary alicyclic amines) is 1. The van der Waals surface area contributed by atoms with Crippen LogP contribution >= 0.6 is 11.3 Å². The van der Waals surface area contributed by atoms with Crippen molar-refractivity contribution < 1.29 is 9.59 Å². The molecule has 0 spiro atoms. The smallest absolute Gasteiger partial charge is 0.273 e. The third-order valence-corrected chi connectivity index (χ3v) is 5.44. The number of amides is 1. The topological polar surface area (TPSA) is 53.5 Å². The molecule has 1 saturated heterocycles. The summed E-state index contributed by atoms with van der Waals surface area (Å²) in [6, 6.07) is 9.81. The molecule has 1 aliphatic heterocycles. The van der Waals surface area contributed by atoms with E-state index in [9.17, 15) is 9.59 Å². The molecule has 0 unspecified atom stereocenters. The van der Waals surface area contributed by atoms with E-state index in [4.69, 9.17) is 0 Å². The summed E-state index contributed by atoms with van der Waals surface area (Å²) in [5, 5.41) is 2.77. The Morgan fingerprint density at radius 3 is 2.77 bits per heavy atom. The van der Waals surface area contributed by atoms with Gasteiger partial charge < -0.3 is 9.80 Å². The third-order valence-electron chi connectivity index (χ3n) is 4.61. The Kier molecular flexibility index (Phi) is 6.16. The summed E-state index contributed by atoms with van der Waals surface area (Å²) in [5.74, 6) is 0.0940. The maximum absolute atomic E-state index is 12.8. The summed E-state index contributed by atoms with van der Waals surface area (Å²) >= 11 is 1.51. The first-order valence-corrected chi connectivity index (χ1v) is 9.86. The van der Waals surface area contributed by atoms with Crippen molar-refractivity contribution in [2.75, 3.05) is 27.2 Å². The normalized spacial score (nSPS) is 17.5. The van der Waals surface area contributed by atoms with Crippen LogP contribution in [0.5, 0.6) is 0 Å². The molecule has 1 fully saturated rings. The standard InChI is InChI=1S/C20H25N3O2S/c1-22(2)13-19-21-17(14-26-19)20(25)23-10-6-9-16(12-23)18(24)11-15-7-4-3-5-8-15/h3-5,7-8,14,16H,6,9-13H2,1-2H3/t16-/m0/s1. The fraction of sp³-hybridized carbons (Fsp3) is 0.450. The average molecular weight is 372 g/mol. The quantitative estimate of drug-likeness (QED) is 0.784. The molecule has 1 aromatic carbocycles. The summed E-state index contributed by atoms with van der Waals surface area (Å²) in [5.41, 5.74) is 1.54. The van der Waals surface area contributed by atoms with E-state index in [1.165, 1.54) is 11.3 Å². The number of carbonyl (C=O) groups excluding carboxylic acids is 2. The SMILES string of the molecule is CN(C)Cc1nc(C(=O)N2CCC[C@H](C(=O)Cc3ccccc3)C2)cs1. The van der Waals surface area contributed by atoms with E-state index >= 15 is 0 Å².